The summed E-state index contributed by atoms with van der Waals surface area (Å²) in [7, 11) is 0. The van der Waals surface area contributed by atoms with E-state index in [1.165, 1.54) is 11.1 Å². The van der Waals surface area contributed by atoms with Gasteiger partial charge in [0.25, 0.3) is 0 Å². The molecule has 17 heavy (non-hydrogen) atoms. The van der Waals surface area contributed by atoms with E-state index in [2.05, 4.69) is 24.0 Å². The minimum atomic E-state index is -0.178. The van der Waals surface area contributed by atoms with Gasteiger partial charge in [0.1, 0.15) is 0 Å². The summed E-state index contributed by atoms with van der Waals surface area (Å²) in [6.07, 6.45) is 0.786. The summed E-state index contributed by atoms with van der Waals surface area (Å²) in [4.78, 5) is 0. The highest BCUT2D eigenvalue weighted by Crippen LogP contribution is 2.22. The minimum Gasteiger partial charge on any atom is -0.419 e. The van der Waals surface area contributed by atoms with Crippen LogP contribution >= 0.6 is 0 Å². The molecule has 1 unspecified atom stereocenters. The number of rotatable bonds is 3. The zero-order valence-electron chi connectivity index (χ0n) is 10.4. The van der Waals surface area contributed by atoms with Crippen molar-refractivity contribution in [2.45, 2.75) is 33.2 Å². The lowest BCUT2D eigenvalue weighted by molar-refractivity contribution is 0.452. The van der Waals surface area contributed by atoms with Gasteiger partial charge in [0, 0.05) is 5.56 Å². The maximum absolute atomic E-state index is 5.84. The molecular formula is C13H17N3O. The minimum absolute atomic E-state index is 0.178. The van der Waals surface area contributed by atoms with Crippen molar-refractivity contribution in [3.63, 3.8) is 0 Å². The van der Waals surface area contributed by atoms with Crippen LogP contribution in [0.4, 0.5) is 0 Å². The van der Waals surface area contributed by atoms with Gasteiger partial charge in [0.05, 0.1) is 6.04 Å². The third kappa shape index (κ3) is 2.36. The van der Waals surface area contributed by atoms with Gasteiger partial charge in [0.2, 0.25) is 11.8 Å². The first kappa shape index (κ1) is 11.8. The Kier molecular flexibility index (Phi) is 3.24. The molecule has 4 heteroatoms. The highest BCUT2D eigenvalue weighted by molar-refractivity contribution is 5.55. The fourth-order valence-corrected chi connectivity index (χ4v) is 1.55. The molecule has 0 spiro atoms. The lowest BCUT2D eigenvalue weighted by atomic mass is 10.1. The first-order chi connectivity index (χ1) is 8.11. The van der Waals surface area contributed by atoms with Crippen molar-refractivity contribution < 1.29 is 4.42 Å². The molecule has 1 aromatic carbocycles. The smallest absolute Gasteiger partial charge is 0.247 e. The topological polar surface area (TPSA) is 64.9 Å². The Morgan fingerprint density at radius 3 is 2.65 bits per heavy atom. The van der Waals surface area contributed by atoms with Crippen molar-refractivity contribution in [3.8, 4) is 11.5 Å². The fraction of sp³-hybridized carbons (Fsp3) is 0.385. The average molecular weight is 231 g/mol. The molecule has 0 saturated heterocycles. The van der Waals surface area contributed by atoms with Crippen LogP contribution in [-0.4, -0.2) is 10.2 Å². The molecule has 1 aromatic heterocycles. The van der Waals surface area contributed by atoms with Crippen molar-refractivity contribution >= 4 is 0 Å². The Bertz CT molecular complexity index is 519. The Morgan fingerprint density at radius 1 is 1.24 bits per heavy atom. The van der Waals surface area contributed by atoms with E-state index < -0.39 is 0 Å². The van der Waals surface area contributed by atoms with Crippen LogP contribution in [0.3, 0.4) is 0 Å². The van der Waals surface area contributed by atoms with Crippen molar-refractivity contribution in [2.24, 2.45) is 5.73 Å². The highest BCUT2D eigenvalue weighted by Gasteiger charge is 2.13. The van der Waals surface area contributed by atoms with E-state index in [0.29, 0.717) is 11.8 Å². The van der Waals surface area contributed by atoms with Crippen LogP contribution in [-0.2, 0) is 0 Å². The Balaban J connectivity index is 2.33. The van der Waals surface area contributed by atoms with Gasteiger partial charge in [-0.15, -0.1) is 10.2 Å². The van der Waals surface area contributed by atoms with Gasteiger partial charge in [-0.05, 0) is 43.5 Å². The molecule has 0 aliphatic rings. The van der Waals surface area contributed by atoms with E-state index in [4.69, 9.17) is 10.2 Å². The number of aromatic nitrogens is 2. The molecule has 4 nitrogen and oxygen atoms in total. The van der Waals surface area contributed by atoms with Gasteiger partial charge in [-0.2, -0.15) is 0 Å². The van der Waals surface area contributed by atoms with Crippen LogP contribution in [0.2, 0.25) is 0 Å². The van der Waals surface area contributed by atoms with Gasteiger partial charge in [-0.25, -0.2) is 0 Å². The summed E-state index contributed by atoms with van der Waals surface area (Å²) in [5.41, 5.74) is 9.24. The maximum Gasteiger partial charge on any atom is 0.247 e. The Labute approximate surface area is 101 Å². The van der Waals surface area contributed by atoms with Crippen LogP contribution in [0.5, 0.6) is 0 Å². The number of aryl methyl sites for hydroxylation is 2. The van der Waals surface area contributed by atoms with Crippen molar-refractivity contribution in [2.75, 3.05) is 0 Å². The molecule has 0 bridgehead atoms. The molecule has 1 atom stereocenters. The molecule has 2 aromatic rings. The third-order valence-electron chi connectivity index (χ3n) is 2.95. The molecule has 0 radical (unpaired) electrons. The Hall–Kier alpha value is -1.68. The molecular weight excluding hydrogens is 214 g/mol. The van der Waals surface area contributed by atoms with Gasteiger partial charge < -0.3 is 10.2 Å². The summed E-state index contributed by atoms with van der Waals surface area (Å²) in [6.45, 7) is 6.13. The summed E-state index contributed by atoms with van der Waals surface area (Å²) in [6, 6.07) is 5.90. The first-order valence-electron chi connectivity index (χ1n) is 5.78. The van der Waals surface area contributed by atoms with Crippen molar-refractivity contribution in [1.29, 1.82) is 0 Å². The molecule has 0 aliphatic carbocycles. The predicted molar refractivity (Wildman–Crippen MR) is 66.4 cm³/mol. The first-order valence-corrected chi connectivity index (χ1v) is 5.78. The number of benzene rings is 1. The molecule has 0 fully saturated rings. The monoisotopic (exact) mass is 231 g/mol. The zero-order valence-corrected chi connectivity index (χ0v) is 10.4. The summed E-state index contributed by atoms with van der Waals surface area (Å²) >= 11 is 0. The molecule has 90 valence electrons. The van der Waals surface area contributed by atoms with Gasteiger partial charge in [-0.3, -0.25) is 0 Å². The summed E-state index contributed by atoms with van der Waals surface area (Å²) in [5.74, 6) is 1.03. The van der Waals surface area contributed by atoms with Crippen LogP contribution in [0.25, 0.3) is 11.5 Å². The molecule has 0 saturated carbocycles. The largest absolute Gasteiger partial charge is 0.419 e. The highest BCUT2D eigenvalue weighted by atomic mass is 16.4. The SMILES string of the molecule is CCC(N)c1nnc(-c2ccc(C)c(C)c2)o1. The predicted octanol–water partition coefficient (Wildman–Crippen LogP) is 2.76. The summed E-state index contributed by atoms with van der Waals surface area (Å²) < 4.78 is 5.57. The molecule has 0 aliphatic heterocycles. The number of nitrogens with zero attached hydrogens (tertiary/aromatic N) is 2. The van der Waals surface area contributed by atoms with E-state index in [-0.39, 0.29) is 6.04 Å². The van der Waals surface area contributed by atoms with Crippen LogP contribution in [0.1, 0.15) is 36.4 Å². The molecule has 1 heterocycles. The Morgan fingerprint density at radius 2 is 2.00 bits per heavy atom. The van der Waals surface area contributed by atoms with Gasteiger partial charge in [0.15, 0.2) is 0 Å². The standard InChI is InChI=1S/C13H17N3O/c1-4-11(14)13-16-15-12(17-13)10-6-5-8(2)9(3)7-10/h5-7,11H,4,14H2,1-3H3. The second kappa shape index (κ2) is 4.67. The lowest BCUT2D eigenvalue weighted by Gasteiger charge is -2.02. The third-order valence-corrected chi connectivity index (χ3v) is 2.95. The number of hydrogen-bond acceptors (Lipinski definition) is 4. The molecule has 0 amide bonds. The van der Waals surface area contributed by atoms with Crippen LogP contribution < -0.4 is 5.73 Å². The number of nitrogens with two attached hydrogens (primary N) is 1. The maximum atomic E-state index is 5.84. The van der Waals surface area contributed by atoms with E-state index in [0.717, 1.165) is 12.0 Å². The van der Waals surface area contributed by atoms with Crippen molar-refractivity contribution in [3.05, 3.63) is 35.2 Å². The lowest BCUT2D eigenvalue weighted by Crippen LogP contribution is -2.08. The van der Waals surface area contributed by atoms with E-state index in [9.17, 15) is 0 Å². The van der Waals surface area contributed by atoms with E-state index in [1.54, 1.807) is 0 Å². The molecule has 2 rings (SSSR count). The second-order valence-electron chi connectivity index (χ2n) is 4.26. The van der Waals surface area contributed by atoms with E-state index in [1.807, 2.05) is 25.1 Å². The van der Waals surface area contributed by atoms with Gasteiger partial charge >= 0.3 is 0 Å². The average Bonchev–Trinajstić information content (AvgIpc) is 2.81. The van der Waals surface area contributed by atoms with E-state index >= 15 is 0 Å². The summed E-state index contributed by atoms with van der Waals surface area (Å²) in [5, 5.41) is 8.00. The van der Waals surface area contributed by atoms with Crippen LogP contribution in [0.15, 0.2) is 22.6 Å². The number of hydrogen-bond donors (Lipinski definition) is 1. The normalized spacial score (nSPS) is 12.7. The van der Waals surface area contributed by atoms with Crippen LogP contribution in [0, 0.1) is 13.8 Å². The second-order valence-corrected chi connectivity index (χ2v) is 4.26. The quantitative estimate of drug-likeness (QED) is 0.882. The van der Waals surface area contributed by atoms with Gasteiger partial charge in [-0.1, -0.05) is 13.0 Å². The van der Waals surface area contributed by atoms with Crippen molar-refractivity contribution in [1.82, 2.24) is 10.2 Å². The molecule has 2 N–H and O–H groups in total. The zero-order chi connectivity index (χ0) is 12.4. The fourth-order valence-electron chi connectivity index (χ4n) is 1.55.